The molecule has 1 aliphatic rings. The van der Waals surface area contributed by atoms with E-state index in [-0.39, 0.29) is 11.3 Å². The van der Waals surface area contributed by atoms with Crippen molar-refractivity contribution in [2.75, 3.05) is 4.90 Å². The Kier molecular flexibility index (Phi) is 4.75. The number of rotatable bonds is 3. The van der Waals surface area contributed by atoms with Crippen LogP contribution < -0.4 is 4.90 Å². The third-order valence-corrected chi connectivity index (χ3v) is 5.60. The molecule has 0 bridgehead atoms. The van der Waals surface area contributed by atoms with Gasteiger partial charge in [0, 0.05) is 22.2 Å². The van der Waals surface area contributed by atoms with Gasteiger partial charge in [-0.2, -0.15) is 0 Å². The number of aliphatic hydroxyl groups is 1. The maximum Gasteiger partial charge on any atom is 0.301 e. The van der Waals surface area contributed by atoms with E-state index in [1.807, 2.05) is 19.1 Å². The zero-order chi connectivity index (χ0) is 19.8. The van der Waals surface area contributed by atoms with Gasteiger partial charge >= 0.3 is 5.91 Å². The molecule has 1 aliphatic heterocycles. The number of aliphatic hydroxyl groups excluding tert-OH is 1. The fourth-order valence-corrected chi connectivity index (χ4v) is 3.99. The maximum atomic E-state index is 12.9. The van der Waals surface area contributed by atoms with Crippen molar-refractivity contribution in [3.05, 3.63) is 87.4 Å². The monoisotopic (exact) mass is 410 g/mol. The summed E-state index contributed by atoms with van der Waals surface area (Å²) in [6, 6.07) is 13.2. The highest BCUT2D eigenvalue weighted by Gasteiger charge is 2.47. The number of amides is 1. The molecule has 3 aromatic rings. The van der Waals surface area contributed by atoms with Crippen LogP contribution in [0.15, 0.2) is 65.7 Å². The van der Waals surface area contributed by atoms with Crippen LogP contribution in [0.1, 0.15) is 22.7 Å². The summed E-state index contributed by atoms with van der Waals surface area (Å²) in [5.74, 6) is -1.67. The van der Waals surface area contributed by atoms with Gasteiger partial charge in [-0.25, -0.2) is 4.98 Å². The van der Waals surface area contributed by atoms with Crippen LogP contribution in [0.5, 0.6) is 0 Å². The summed E-state index contributed by atoms with van der Waals surface area (Å²) in [7, 11) is 0. The lowest BCUT2D eigenvalue weighted by atomic mass is 9.95. The number of nitrogens with zero attached hydrogens (tertiary/aromatic N) is 2. The maximum absolute atomic E-state index is 12.9. The topological polar surface area (TPSA) is 70.5 Å². The van der Waals surface area contributed by atoms with Crippen LogP contribution in [0.25, 0.3) is 5.76 Å². The smallest absolute Gasteiger partial charge is 0.301 e. The van der Waals surface area contributed by atoms with Crippen LogP contribution >= 0.6 is 22.9 Å². The van der Waals surface area contributed by atoms with Crippen LogP contribution in [0.4, 0.5) is 5.13 Å². The minimum atomic E-state index is -0.787. The number of hydrogen-bond acceptors (Lipinski definition) is 5. The minimum absolute atomic E-state index is 0.0337. The SMILES string of the molecule is Cc1ccc(/C(O)=C2/C(=O)C(=O)N(c3nccs3)C2c2ccc(Cl)cc2)cc1. The van der Waals surface area contributed by atoms with E-state index in [4.69, 9.17) is 11.6 Å². The summed E-state index contributed by atoms with van der Waals surface area (Å²) >= 11 is 7.25. The summed E-state index contributed by atoms with van der Waals surface area (Å²) in [6.45, 7) is 1.93. The van der Waals surface area contributed by atoms with Crippen LogP contribution in [-0.4, -0.2) is 21.8 Å². The number of anilines is 1. The molecule has 1 atom stereocenters. The van der Waals surface area contributed by atoms with Crippen molar-refractivity contribution in [3.63, 3.8) is 0 Å². The van der Waals surface area contributed by atoms with Gasteiger partial charge in [0.05, 0.1) is 11.6 Å². The highest BCUT2D eigenvalue weighted by Crippen LogP contribution is 2.42. The molecule has 28 heavy (non-hydrogen) atoms. The number of thiazole rings is 1. The summed E-state index contributed by atoms with van der Waals surface area (Å²) in [5, 5.41) is 13.6. The summed E-state index contributed by atoms with van der Waals surface area (Å²) in [4.78, 5) is 31.2. The van der Waals surface area contributed by atoms with E-state index in [0.29, 0.717) is 21.3 Å². The van der Waals surface area contributed by atoms with E-state index in [9.17, 15) is 14.7 Å². The van der Waals surface area contributed by atoms with E-state index in [1.54, 1.807) is 48.0 Å². The van der Waals surface area contributed by atoms with E-state index in [0.717, 1.165) is 5.56 Å². The summed E-state index contributed by atoms with van der Waals surface area (Å²) in [5.41, 5.74) is 2.19. The lowest BCUT2D eigenvalue weighted by molar-refractivity contribution is -0.132. The number of carbonyl (C=O) groups is 2. The molecule has 0 saturated carbocycles. The van der Waals surface area contributed by atoms with Gasteiger partial charge in [0.1, 0.15) is 5.76 Å². The Morgan fingerprint density at radius 1 is 1.11 bits per heavy atom. The molecule has 2 heterocycles. The molecule has 140 valence electrons. The minimum Gasteiger partial charge on any atom is -0.507 e. The van der Waals surface area contributed by atoms with E-state index in [1.165, 1.54) is 16.2 Å². The third-order valence-electron chi connectivity index (χ3n) is 4.58. The van der Waals surface area contributed by atoms with Crippen LogP contribution in [0.3, 0.4) is 0 Å². The normalized spacial score (nSPS) is 18.6. The Morgan fingerprint density at radius 3 is 2.39 bits per heavy atom. The van der Waals surface area contributed by atoms with Gasteiger partial charge in [-0.3, -0.25) is 14.5 Å². The molecule has 1 unspecified atom stereocenters. The highest BCUT2D eigenvalue weighted by atomic mass is 35.5. The zero-order valence-corrected chi connectivity index (χ0v) is 16.4. The molecule has 7 heteroatoms. The van der Waals surface area contributed by atoms with Gasteiger partial charge in [-0.1, -0.05) is 53.6 Å². The first-order valence-electron chi connectivity index (χ1n) is 8.50. The zero-order valence-electron chi connectivity index (χ0n) is 14.8. The Hall–Kier alpha value is -2.96. The molecular weight excluding hydrogens is 396 g/mol. The number of hydrogen-bond donors (Lipinski definition) is 1. The van der Waals surface area contributed by atoms with Crippen molar-refractivity contribution >= 4 is 45.5 Å². The van der Waals surface area contributed by atoms with Gasteiger partial charge < -0.3 is 5.11 Å². The molecule has 4 rings (SSSR count). The first kappa shape index (κ1) is 18.4. The number of aryl methyl sites for hydroxylation is 1. The largest absolute Gasteiger partial charge is 0.507 e. The lowest BCUT2D eigenvalue weighted by Gasteiger charge is -2.23. The number of halogens is 1. The fourth-order valence-electron chi connectivity index (χ4n) is 3.19. The van der Waals surface area contributed by atoms with Crippen LogP contribution in [0, 0.1) is 6.92 Å². The lowest BCUT2D eigenvalue weighted by Crippen LogP contribution is -2.29. The number of aromatic nitrogens is 1. The summed E-state index contributed by atoms with van der Waals surface area (Å²) < 4.78 is 0. The van der Waals surface area contributed by atoms with Crippen molar-refractivity contribution in [3.8, 4) is 0 Å². The molecule has 2 aromatic carbocycles. The van der Waals surface area contributed by atoms with Crippen molar-refractivity contribution in [1.29, 1.82) is 0 Å². The van der Waals surface area contributed by atoms with E-state index >= 15 is 0 Å². The predicted octanol–water partition coefficient (Wildman–Crippen LogP) is 4.73. The number of Topliss-reactive ketones (excluding diaryl/α,β-unsaturated/α-hetero) is 1. The van der Waals surface area contributed by atoms with Crippen molar-refractivity contribution < 1.29 is 14.7 Å². The third kappa shape index (κ3) is 3.10. The van der Waals surface area contributed by atoms with E-state index in [2.05, 4.69) is 4.98 Å². The van der Waals surface area contributed by atoms with Gasteiger partial charge in [0.25, 0.3) is 5.78 Å². The second kappa shape index (κ2) is 7.22. The molecule has 1 amide bonds. The number of carbonyl (C=O) groups excluding carboxylic acids is 2. The Labute approximate surface area is 170 Å². The average Bonchev–Trinajstić information content (AvgIpc) is 3.30. The van der Waals surface area contributed by atoms with Gasteiger partial charge in [-0.15, -0.1) is 11.3 Å². The molecular formula is C21H15ClN2O3S. The van der Waals surface area contributed by atoms with E-state index < -0.39 is 17.7 Å². The molecule has 0 aliphatic carbocycles. The Bertz CT molecular complexity index is 1070. The molecule has 1 N–H and O–H groups in total. The number of ketones is 1. The molecule has 5 nitrogen and oxygen atoms in total. The van der Waals surface area contributed by atoms with Gasteiger partial charge in [0.15, 0.2) is 5.13 Å². The van der Waals surface area contributed by atoms with Crippen LogP contribution in [-0.2, 0) is 9.59 Å². The van der Waals surface area contributed by atoms with Crippen molar-refractivity contribution in [2.45, 2.75) is 13.0 Å². The van der Waals surface area contributed by atoms with Crippen LogP contribution in [0.2, 0.25) is 5.02 Å². The second-order valence-corrected chi connectivity index (χ2v) is 7.71. The molecule has 1 fully saturated rings. The first-order valence-corrected chi connectivity index (χ1v) is 9.76. The summed E-state index contributed by atoms with van der Waals surface area (Å²) in [6.07, 6.45) is 1.57. The van der Waals surface area contributed by atoms with Gasteiger partial charge in [-0.05, 0) is 24.6 Å². The highest BCUT2D eigenvalue weighted by molar-refractivity contribution is 7.14. The average molecular weight is 411 g/mol. The molecule has 0 spiro atoms. The first-order chi connectivity index (χ1) is 13.5. The van der Waals surface area contributed by atoms with Crippen molar-refractivity contribution in [2.24, 2.45) is 0 Å². The Balaban J connectivity index is 1.93. The molecule has 1 saturated heterocycles. The van der Waals surface area contributed by atoms with Crippen molar-refractivity contribution in [1.82, 2.24) is 4.98 Å². The standard InChI is InChI=1S/C21H15ClN2O3S/c1-12-2-4-14(5-3-12)18(25)16-17(13-6-8-15(22)9-7-13)24(20(27)19(16)26)21-23-10-11-28-21/h2-11,17,25H,1H3/b18-16-. The Morgan fingerprint density at radius 2 is 1.79 bits per heavy atom. The molecule has 1 aromatic heterocycles. The fraction of sp³-hybridized carbons (Fsp3) is 0.0952. The quantitative estimate of drug-likeness (QED) is 0.385. The predicted molar refractivity (Wildman–Crippen MR) is 110 cm³/mol. The molecule has 0 radical (unpaired) electrons. The second-order valence-electron chi connectivity index (χ2n) is 6.40. The number of benzene rings is 2. The van der Waals surface area contributed by atoms with Gasteiger partial charge in [0.2, 0.25) is 0 Å².